The van der Waals surface area contributed by atoms with Gasteiger partial charge in [0.15, 0.2) is 0 Å². The predicted molar refractivity (Wildman–Crippen MR) is 72.0 cm³/mol. The van der Waals surface area contributed by atoms with Gasteiger partial charge in [-0.2, -0.15) is 0 Å². The Balaban J connectivity index is 2.01. The molecule has 0 aliphatic carbocycles. The van der Waals surface area contributed by atoms with Crippen molar-refractivity contribution in [1.82, 2.24) is 0 Å². The van der Waals surface area contributed by atoms with E-state index in [4.69, 9.17) is 10.5 Å². The lowest BCUT2D eigenvalue weighted by Gasteiger charge is -2.05. The Bertz CT molecular complexity index is 539. The molecule has 0 spiro atoms. The molecule has 1 aromatic carbocycles. The van der Waals surface area contributed by atoms with Gasteiger partial charge in [0.25, 0.3) is 0 Å². The van der Waals surface area contributed by atoms with Crippen LogP contribution in [0, 0.1) is 0 Å². The number of benzene rings is 1. The monoisotopic (exact) mass is 311 g/mol. The summed E-state index contributed by atoms with van der Waals surface area (Å²) in [4.78, 5) is 12.7. The molecule has 2 N–H and O–H groups in total. The standard InChI is InChI=1S/C12H10BrNO2S/c13-8-5-9(17-7-8)6-16-12(15)10-3-1-2-4-11(10)14/h1-5,7H,6,14H2. The van der Waals surface area contributed by atoms with E-state index in [1.807, 2.05) is 11.4 Å². The summed E-state index contributed by atoms with van der Waals surface area (Å²) in [6.07, 6.45) is 0. The van der Waals surface area contributed by atoms with E-state index in [2.05, 4.69) is 15.9 Å². The van der Waals surface area contributed by atoms with Gasteiger partial charge in [-0.3, -0.25) is 0 Å². The zero-order chi connectivity index (χ0) is 12.3. The molecule has 1 heterocycles. The highest BCUT2D eigenvalue weighted by atomic mass is 79.9. The van der Waals surface area contributed by atoms with Gasteiger partial charge in [-0.15, -0.1) is 11.3 Å². The lowest BCUT2D eigenvalue weighted by atomic mass is 10.2. The molecule has 0 radical (unpaired) electrons. The largest absolute Gasteiger partial charge is 0.456 e. The molecule has 88 valence electrons. The summed E-state index contributed by atoms with van der Waals surface area (Å²) in [5.41, 5.74) is 6.53. The molecule has 0 amide bonds. The maximum Gasteiger partial charge on any atom is 0.340 e. The van der Waals surface area contributed by atoms with Crippen LogP contribution in [-0.2, 0) is 11.3 Å². The second-order valence-corrected chi connectivity index (χ2v) is 5.31. The van der Waals surface area contributed by atoms with Gasteiger partial charge in [-0.25, -0.2) is 4.79 Å². The Labute approximate surface area is 111 Å². The maximum atomic E-state index is 11.7. The van der Waals surface area contributed by atoms with Gasteiger partial charge in [-0.1, -0.05) is 12.1 Å². The fourth-order valence-electron chi connectivity index (χ4n) is 1.33. The minimum absolute atomic E-state index is 0.267. The third-order valence-electron chi connectivity index (χ3n) is 2.15. The summed E-state index contributed by atoms with van der Waals surface area (Å²) in [6.45, 7) is 0.267. The van der Waals surface area contributed by atoms with E-state index in [9.17, 15) is 4.79 Å². The van der Waals surface area contributed by atoms with E-state index in [1.54, 1.807) is 24.3 Å². The molecule has 0 aliphatic heterocycles. The van der Waals surface area contributed by atoms with Crippen molar-refractivity contribution in [2.45, 2.75) is 6.61 Å². The Morgan fingerprint density at radius 2 is 2.18 bits per heavy atom. The molecule has 0 saturated heterocycles. The number of nitrogen functional groups attached to an aromatic ring is 1. The van der Waals surface area contributed by atoms with Crippen molar-refractivity contribution in [2.75, 3.05) is 5.73 Å². The zero-order valence-electron chi connectivity index (χ0n) is 8.85. The highest BCUT2D eigenvalue weighted by Gasteiger charge is 2.10. The van der Waals surface area contributed by atoms with E-state index in [0.717, 1.165) is 9.35 Å². The second kappa shape index (κ2) is 5.33. The van der Waals surface area contributed by atoms with Crippen LogP contribution in [0.4, 0.5) is 5.69 Å². The molecule has 0 bridgehead atoms. The summed E-state index contributed by atoms with van der Waals surface area (Å²) in [5, 5.41) is 1.94. The van der Waals surface area contributed by atoms with Crippen LogP contribution in [0.2, 0.25) is 0 Å². The van der Waals surface area contributed by atoms with Gasteiger partial charge in [0.05, 0.1) is 5.56 Å². The number of hydrogen-bond donors (Lipinski definition) is 1. The number of carbonyl (C=O) groups excluding carboxylic acids is 1. The summed E-state index contributed by atoms with van der Waals surface area (Å²) in [5.74, 6) is -0.396. The minimum atomic E-state index is -0.396. The van der Waals surface area contributed by atoms with Crippen LogP contribution in [0.1, 0.15) is 15.2 Å². The molecule has 0 unspecified atom stereocenters. The molecule has 0 saturated carbocycles. The van der Waals surface area contributed by atoms with Gasteiger partial charge in [0.2, 0.25) is 0 Å². The first-order chi connectivity index (χ1) is 8.16. The fraction of sp³-hybridized carbons (Fsp3) is 0.0833. The number of rotatable bonds is 3. The summed E-state index contributed by atoms with van der Waals surface area (Å²) >= 11 is 4.88. The van der Waals surface area contributed by atoms with Crippen LogP contribution >= 0.6 is 27.3 Å². The van der Waals surface area contributed by atoms with Crippen molar-refractivity contribution >= 4 is 38.9 Å². The van der Waals surface area contributed by atoms with Crippen LogP contribution in [0.3, 0.4) is 0 Å². The van der Waals surface area contributed by atoms with Gasteiger partial charge in [0, 0.05) is 20.4 Å². The molecule has 0 fully saturated rings. The van der Waals surface area contributed by atoms with E-state index < -0.39 is 5.97 Å². The van der Waals surface area contributed by atoms with E-state index in [0.29, 0.717) is 11.3 Å². The smallest absolute Gasteiger partial charge is 0.340 e. The fourth-order valence-corrected chi connectivity index (χ4v) is 2.69. The summed E-state index contributed by atoms with van der Waals surface area (Å²) < 4.78 is 6.17. The SMILES string of the molecule is Nc1ccccc1C(=O)OCc1cc(Br)cs1. The zero-order valence-corrected chi connectivity index (χ0v) is 11.3. The number of para-hydroxylation sites is 1. The topological polar surface area (TPSA) is 52.3 Å². The van der Waals surface area contributed by atoms with Crippen LogP contribution in [0.5, 0.6) is 0 Å². The van der Waals surface area contributed by atoms with Gasteiger partial charge >= 0.3 is 5.97 Å². The Hall–Kier alpha value is -1.33. The lowest BCUT2D eigenvalue weighted by Crippen LogP contribution is -2.07. The third kappa shape index (κ3) is 3.08. The van der Waals surface area contributed by atoms with Gasteiger partial charge in [-0.05, 0) is 34.1 Å². The first-order valence-electron chi connectivity index (χ1n) is 4.91. The quantitative estimate of drug-likeness (QED) is 0.697. The highest BCUT2D eigenvalue weighted by molar-refractivity contribution is 9.10. The molecular weight excluding hydrogens is 302 g/mol. The van der Waals surface area contributed by atoms with Gasteiger partial charge < -0.3 is 10.5 Å². The molecule has 5 heteroatoms. The summed E-state index contributed by atoms with van der Waals surface area (Å²) in [6, 6.07) is 8.80. The first-order valence-corrected chi connectivity index (χ1v) is 6.58. The van der Waals surface area contributed by atoms with E-state index in [-0.39, 0.29) is 6.61 Å². The van der Waals surface area contributed by atoms with Crippen molar-refractivity contribution in [2.24, 2.45) is 0 Å². The number of esters is 1. The number of thiophene rings is 1. The lowest BCUT2D eigenvalue weighted by molar-refractivity contribution is 0.0478. The normalized spacial score (nSPS) is 10.2. The molecule has 2 aromatic rings. The van der Waals surface area contributed by atoms with E-state index in [1.165, 1.54) is 11.3 Å². The Morgan fingerprint density at radius 3 is 2.82 bits per heavy atom. The Kier molecular flexibility index (Phi) is 3.81. The van der Waals surface area contributed by atoms with Crippen molar-refractivity contribution < 1.29 is 9.53 Å². The number of halogens is 1. The van der Waals surface area contributed by atoms with Crippen LogP contribution in [0.15, 0.2) is 40.2 Å². The van der Waals surface area contributed by atoms with Crippen molar-refractivity contribution in [3.05, 3.63) is 50.6 Å². The molecule has 0 aliphatic rings. The van der Waals surface area contributed by atoms with Crippen molar-refractivity contribution in [3.63, 3.8) is 0 Å². The third-order valence-corrected chi connectivity index (χ3v) is 3.82. The van der Waals surface area contributed by atoms with Crippen LogP contribution in [0.25, 0.3) is 0 Å². The second-order valence-electron chi connectivity index (χ2n) is 3.39. The van der Waals surface area contributed by atoms with E-state index >= 15 is 0 Å². The number of carbonyl (C=O) groups is 1. The maximum absolute atomic E-state index is 11.7. The number of nitrogens with two attached hydrogens (primary N) is 1. The number of hydrogen-bond acceptors (Lipinski definition) is 4. The van der Waals surface area contributed by atoms with Crippen LogP contribution < -0.4 is 5.73 Å². The molecule has 0 atom stereocenters. The van der Waals surface area contributed by atoms with Gasteiger partial charge in [0.1, 0.15) is 6.61 Å². The van der Waals surface area contributed by atoms with Crippen molar-refractivity contribution in [3.8, 4) is 0 Å². The number of anilines is 1. The molecule has 3 nitrogen and oxygen atoms in total. The average molecular weight is 312 g/mol. The molecule has 1 aromatic heterocycles. The number of ether oxygens (including phenoxy) is 1. The first kappa shape index (κ1) is 12.1. The molecular formula is C12H10BrNO2S. The Morgan fingerprint density at radius 1 is 1.41 bits per heavy atom. The summed E-state index contributed by atoms with van der Waals surface area (Å²) in [7, 11) is 0. The van der Waals surface area contributed by atoms with Crippen molar-refractivity contribution in [1.29, 1.82) is 0 Å². The van der Waals surface area contributed by atoms with Crippen LogP contribution in [-0.4, -0.2) is 5.97 Å². The molecule has 2 rings (SSSR count). The highest BCUT2D eigenvalue weighted by Crippen LogP contribution is 2.21. The predicted octanol–water partition coefficient (Wildman–Crippen LogP) is 3.45. The average Bonchev–Trinajstić information content (AvgIpc) is 2.73. The minimum Gasteiger partial charge on any atom is -0.456 e. The molecule has 17 heavy (non-hydrogen) atoms.